The Bertz CT molecular complexity index is 1010. The number of imide groups is 1. The molecule has 162 valence electrons. The molecule has 2 aliphatic heterocycles. The Hall–Kier alpha value is -2.83. The first-order chi connectivity index (χ1) is 14.9. The molecule has 1 saturated heterocycles. The number of halogens is 1. The monoisotopic (exact) mass is 440 g/mol. The van der Waals surface area contributed by atoms with Crippen molar-refractivity contribution in [3.8, 4) is 5.75 Å². The van der Waals surface area contributed by atoms with Crippen molar-refractivity contribution in [3.05, 3.63) is 69.9 Å². The van der Waals surface area contributed by atoms with Crippen LogP contribution in [0.5, 0.6) is 5.75 Å². The lowest BCUT2D eigenvalue weighted by molar-refractivity contribution is -0.138. The van der Waals surface area contributed by atoms with Crippen molar-refractivity contribution >= 4 is 29.0 Å². The molecular weight excluding hydrogens is 416 g/mol. The van der Waals surface area contributed by atoms with Crippen molar-refractivity contribution in [1.82, 2.24) is 9.80 Å². The molecular formula is C24H25ClN2O4. The van der Waals surface area contributed by atoms with E-state index in [2.05, 4.69) is 6.07 Å². The van der Waals surface area contributed by atoms with Gasteiger partial charge >= 0.3 is 0 Å². The topological polar surface area (TPSA) is 59.1 Å². The van der Waals surface area contributed by atoms with Gasteiger partial charge < -0.3 is 14.4 Å². The van der Waals surface area contributed by atoms with Crippen molar-refractivity contribution in [2.45, 2.75) is 13.8 Å². The summed E-state index contributed by atoms with van der Waals surface area (Å²) in [5.41, 5.74) is 3.73. The number of ether oxygens (including phenoxy) is 2. The quantitative estimate of drug-likeness (QED) is 0.644. The maximum Gasteiger partial charge on any atom is 0.277 e. The summed E-state index contributed by atoms with van der Waals surface area (Å²) < 4.78 is 11.3. The summed E-state index contributed by atoms with van der Waals surface area (Å²) in [5.74, 6) is 0.134. The van der Waals surface area contributed by atoms with Gasteiger partial charge in [0.15, 0.2) is 0 Å². The van der Waals surface area contributed by atoms with E-state index in [0.29, 0.717) is 48.2 Å². The third-order valence-electron chi connectivity index (χ3n) is 5.38. The van der Waals surface area contributed by atoms with Gasteiger partial charge in [-0.2, -0.15) is 0 Å². The number of amides is 2. The lowest BCUT2D eigenvalue weighted by Crippen LogP contribution is -2.41. The van der Waals surface area contributed by atoms with Crippen molar-refractivity contribution < 1.29 is 19.1 Å². The first-order valence-corrected chi connectivity index (χ1v) is 10.7. The summed E-state index contributed by atoms with van der Waals surface area (Å²) in [6.45, 7) is 6.59. The van der Waals surface area contributed by atoms with E-state index in [9.17, 15) is 9.59 Å². The molecule has 0 aliphatic carbocycles. The molecule has 0 spiro atoms. The van der Waals surface area contributed by atoms with Gasteiger partial charge in [0.2, 0.25) is 0 Å². The molecule has 2 aromatic carbocycles. The molecule has 0 bridgehead atoms. The fourth-order valence-corrected chi connectivity index (χ4v) is 4.12. The number of hydrogen-bond acceptors (Lipinski definition) is 5. The Kier molecular flexibility index (Phi) is 6.30. The van der Waals surface area contributed by atoms with E-state index in [1.807, 2.05) is 30.9 Å². The highest BCUT2D eigenvalue weighted by Gasteiger charge is 2.41. The molecule has 0 unspecified atom stereocenters. The molecule has 0 aromatic heterocycles. The van der Waals surface area contributed by atoms with E-state index in [-0.39, 0.29) is 25.0 Å². The molecule has 0 saturated carbocycles. The maximum absolute atomic E-state index is 13.3. The number of nitrogens with zero attached hydrogens (tertiary/aromatic N) is 2. The summed E-state index contributed by atoms with van der Waals surface area (Å²) in [4.78, 5) is 29.8. The van der Waals surface area contributed by atoms with Crippen molar-refractivity contribution in [1.29, 1.82) is 0 Å². The van der Waals surface area contributed by atoms with Crippen LogP contribution in [0.25, 0.3) is 5.57 Å². The first-order valence-electron chi connectivity index (χ1n) is 10.3. The fourth-order valence-electron chi connectivity index (χ4n) is 3.99. The minimum absolute atomic E-state index is 0.176. The number of hydrogen-bond donors (Lipinski definition) is 0. The SMILES string of the molecule is Cc1cc(C)cc(OCCN2C(=O)C(c3ccc(Cl)cc3)=C(N3CCOCC3)C2=O)c1. The predicted octanol–water partition coefficient (Wildman–Crippen LogP) is 3.45. The Morgan fingerprint density at radius 2 is 1.61 bits per heavy atom. The number of benzene rings is 2. The molecule has 1 fully saturated rings. The number of carbonyl (C=O) groups is 2. The molecule has 0 atom stereocenters. The van der Waals surface area contributed by atoms with E-state index in [0.717, 1.165) is 16.9 Å². The van der Waals surface area contributed by atoms with Gasteiger partial charge in [0.25, 0.3) is 11.8 Å². The maximum atomic E-state index is 13.3. The third-order valence-corrected chi connectivity index (χ3v) is 5.63. The van der Waals surface area contributed by atoms with Crippen LogP contribution >= 0.6 is 11.6 Å². The van der Waals surface area contributed by atoms with Gasteiger partial charge in [-0.25, -0.2) is 0 Å². The summed E-state index contributed by atoms with van der Waals surface area (Å²) in [6.07, 6.45) is 0. The lowest BCUT2D eigenvalue weighted by Gasteiger charge is -2.29. The minimum Gasteiger partial charge on any atom is -0.492 e. The first kappa shape index (κ1) is 21.4. The number of carbonyl (C=O) groups excluding carboxylic acids is 2. The zero-order chi connectivity index (χ0) is 22.0. The minimum atomic E-state index is -0.308. The zero-order valence-corrected chi connectivity index (χ0v) is 18.4. The van der Waals surface area contributed by atoms with Gasteiger partial charge in [0, 0.05) is 18.1 Å². The van der Waals surface area contributed by atoms with Crippen LogP contribution in [-0.2, 0) is 14.3 Å². The fraction of sp³-hybridized carbons (Fsp3) is 0.333. The van der Waals surface area contributed by atoms with Gasteiger partial charge in [-0.1, -0.05) is 29.8 Å². The summed E-state index contributed by atoms with van der Waals surface area (Å²) in [6, 6.07) is 13.0. The normalized spacial score (nSPS) is 17.0. The van der Waals surface area contributed by atoms with E-state index < -0.39 is 0 Å². The second-order valence-corrected chi connectivity index (χ2v) is 8.20. The largest absolute Gasteiger partial charge is 0.492 e. The van der Waals surface area contributed by atoms with E-state index in [1.165, 1.54) is 4.90 Å². The number of morpholine rings is 1. The van der Waals surface area contributed by atoms with Gasteiger partial charge in [-0.15, -0.1) is 0 Å². The van der Waals surface area contributed by atoms with Crippen LogP contribution in [0, 0.1) is 13.8 Å². The van der Waals surface area contributed by atoms with E-state index in [1.54, 1.807) is 24.3 Å². The van der Waals surface area contributed by atoms with Crippen LogP contribution in [0.3, 0.4) is 0 Å². The molecule has 4 rings (SSSR count). The lowest BCUT2D eigenvalue weighted by atomic mass is 10.0. The van der Waals surface area contributed by atoms with Gasteiger partial charge in [-0.05, 0) is 54.8 Å². The Labute approximate surface area is 187 Å². The van der Waals surface area contributed by atoms with Gasteiger partial charge in [0.1, 0.15) is 18.1 Å². The third kappa shape index (κ3) is 4.60. The molecule has 2 heterocycles. The highest BCUT2D eigenvalue weighted by molar-refractivity contribution is 6.36. The smallest absolute Gasteiger partial charge is 0.277 e. The number of rotatable bonds is 6. The van der Waals surface area contributed by atoms with E-state index >= 15 is 0 Å². The van der Waals surface area contributed by atoms with Crippen LogP contribution in [-0.4, -0.2) is 61.1 Å². The summed E-state index contributed by atoms with van der Waals surface area (Å²) >= 11 is 6.02. The Morgan fingerprint density at radius 1 is 0.968 bits per heavy atom. The predicted molar refractivity (Wildman–Crippen MR) is 119 cm³/mol. The number of aryl methyl sites for hydroxylation is 2. The van der Waals surface area contributed by atoms with Crippen molar-refractivity contribution in [3.63, 3.8) is 0 Å². The van der Waals surface area contributed by atoms with Gasteiger partial charge in [0.05, 0.1) is 25.3 Å². The van der Waals surface area contributed by atoms with Crippen LogP contribution in [0.2, 0.25) is 5.02 Å². The Morgan fingerprint density at radius 3 is 2.26 bits per heavy atom. The van der Waals surface area contributed by atoms with Gasteiger partial charge in [-0.3, -0.25) is 14.5 Å². The Balaban J connectivity index is 1.56. The van der Waals surface area contributed by atoms with E-state index in [4.69, 9.17) is 21.1 Å². The second-order valence-electron chi connectivity index (χ2n) is 7.76. The van der Waals surface area contributed by atoms with Crippen LogP contribution < -0.4 is 4.74 Å². The standard InChI is InChI=1S/C24H25ClN2O4/c1-16-13-17(2)15-20(14-16)31-12-9-27-23(28)21(18-3-5-19(25)6-4-18)22(24(27)29)26-7-10-30-11-8-26/h3-6,13-15H,7-12H2,1-2H3. The molecule has 2 aliphatic rings. The second kappa shape index (κ2) is 9.12. The highest BCUT2D eigenvalue weighted by atomic mass is 35.5. The average molecular weight is 441 g/mol. The molecule has 0 radical (unpaired) electrons. The summed E-state index contributed by atoms with van der Waals surface area (Å²) in [7, 11) is 0. The molecule has 6 nitrogen and oxygen atoms in total. The summed E-state index contributed by atoms with van der Waals surface area (Å²) in [5, 5.41) is 0.577. The highest BCUT2D eigenvalue weighted by Crippen LogP contribution is 2.32. The molecule has 0 N–H and O–H groups in total. The molecule has 2 amide bonds. The molecule has 7 heteroatoms. The van der Waals surface area contributed by atoms with Crippen molar-refractivity contribution in [2.75, 3.05) is 39.5 Å². The van der Waals surface area contributed by atoms with Crippen LogP contribution in [0.4, 0.5) is 0 Å². The van der Waals surface area contributed by atoms with Crippen molar-refractivity contribution in [2.24, 2.45) is 0 Å². The van der Waals surface area contributed by atoms with Crippen LogP contribution in [0.15, 0.2) is 48.2 Å². The van der Waals surface area contributed by atoms with Crippen LogP contribution in [0.1, 0.15) is 16.7 Å². The average Bonchev–Trinajstić information content (AvgIpc) is 2.99. The molecule has 2 aromatic rings. The zero-order valence-electron chi connectivity index (χ0n) is 17.7. The molecule has 31 heavy (non-hydrogen) atoms.